The van der Waals surface area contributed by atoms with Gasteiger partial charge in [-0.2, -0.15) is 4.99 Å². The minimum Gasteiger partial charge on any atom is -0.481 e. The number of esters is 1. The van der Waals surface area contributed by atoms with Crippen molar-refractivity contribution in [2.45, 2.75) is 13.5 Å². The highest BCUT2D eigenvalue weighted by atomic mass is 32.1. The number of rotatable bonds is 8. The van der Waals surface area contributed by atoms with E-state index in [0.29, 0.717) is 30.1 Å². The molecule has 1 aromatic heterocycles. The molecule has 1 amide bonds. The molecule has 0 aliphatic heterocycles. The van der Waals surface area contributed by atoms with Crippen LogP contribution in [0.4, 0.5) is 4.39 Å². The molecule has 0 radical (unpaired) electrons. The van der Waals surface area contributed by atoms with Gasteiger partial charge in [-0.1, -0.05) is 23.5 Å². The second-order valence-electron chi connectivity index (χ2n) is 6.13. The van der Waals surface area contributed by atoms with E-state index in [9.17, 15) is 14.0 Å². The third-order valence-corrected chi connectivity index (χ3v) is 5.22. The molecule has 3 rings (SSSR count). The molecular formula is C21H21FN2O5S. The highest BCUT2D eigenvalue weighted by Crippen LogP contribution is 2.20. The van der Waals surface area contributed by atoms with Crippen molar-refractivity contribution in [2.24, 2.45) is 4.99 Å². The molecule has 9 heteroatoms. The Labute approximate surface area is 176 Å². The second kappa shape index (κ2) is 10.1. The van der Waals surface area contributed by atoms with Gasteiger partial charge in [0.05, 0.1) is 29.5 Å². The number of carbonyl (C=O) groups is 2. The van der Waals surface area contributed by atoms with Crippen LogP contribution >= 0.6 is 11.3 Å². The zero-order valence-electron chi connectivity index (χ0n) is 16.6. The third-order valence-electron chi connectivity index (χ3n) is 4.18. The van der Waals surface area contributed by atoms with Crippen molar-refractivity contribution in [3.05, 3.63) is 58.6 Å². The maximum absolute atomic E-state index is 13.7. The minimum atomic E-state index is -0.553. The van der Waals surface area contributed by atoms with Gasteiger partial charge in [0.2, 0.25) is 0 Å². The van der Waals surface area contributed by atoms with Gasteiger partial charge in [-0.25, -0.2) is 9.18 Å². The molecule has 1 heterocycles. The number of aromatic nitrogens is 1. The van der Waals surface area contributed by atoms with Crippen molar-refractivity contribution in [1.82, 2.24) is 4.57 Å². The van der Waals surface area contributed by atoms with Crippen molar-refractivity contribution < 1.29 is 28.2 Å². The number of thiazole rings is 1. The van der Waals surface area contributed by atoms with Crippen LogP contribution in [0.15, 0.2) is 47.5 Å². The monoisotopic (exact) mass is 432 g/mol. The van der Waals surface area contributed by atoms with Crippen molar-refractivity contribution in [2.75, 3.05) is 26.9 Å². The summed E-state index contributed by atoms with van der Waals surface area (Å²) in [6.07, 6.45) is 0. The zero-order valence-corrected chi connectivity index (χ0v) is 17.4. The summed E-state index contributed by atoms with van der Waals surface area (Å²) in [5.74, 6) is -1.55. The van der Waals surface area contributed by atoms with E-state index in [1.54, 1.807) is 24.3 Å². The van der Waals surface area contributed by atoms with Gasteiger partial charge in [-0.05, 0) is 37.3 Å². The Kier molecular flexibility index (Phi) is 7.31. The van der Waals surface area contributed by atoms with Crippen molar-refractivity contribution in [3.8, 4) is 5.75 Å². The summed E-state index contributed by atoms with van der Waals surface area (Å²) in [6.45, 7) is 2.98. The van der Waals surface area contributed by atoms with E-state index in [-0.39, 0.29) is 5.75 Å². The molecule has 0 saturated heterocycles. The molecule has 0 spiro atoms. The van der Waals surface area contributed by atoms with Crippen molar-refractivity contribution >= 4 is 33.4 Å². The van der Waals surface area contributed by atoms with Gasteiger partial charge in [0.15, 0.2) is 23.0 Å². The maximum Gasteiger partial charge on any atom is 0.337 e. The van der Waals surface area contributed by atoms with Crippen LogP contribution in [0, 0.1) is 5.82 Å². The van der Waals surface area contributed by atoms with Gasteiger partial charge >= 0.3 is 5.97 Å². The number of para-hydroxylation sites is 1. The smallest absolute Gasteiger partial charge is 0.337 e. The van der Waals surface area contributed by atoms with Gasteiger partial charge in [0.25, 0.3) is 5.91 Å². The molecule has 3 aromatic rings. The molecular weight excluding hydrogens is 411 g/mol. The maximum atomic E-state index is 13.7. The molecule has 30 heavy (non-hydrogen) atoms. The Morgan fingerprint density at radius 1 is 1.20 bits per heavy atom. The number of hydrogen-bond donors (Lipinski definition) is 0. The first-order chi connectivity index (χ1) is 14.5. The number of ether oxygens (including phenoxy) is 3. The number of methoxy groups -OCH3 is 1. The molecule has 0 aliphatic carbocycles. The number of fused-ring (bicyclic) bond motifs is 1. The van der Waals surface area contributed by atoms with Crippen LogP contribution < -0.4 is 9.54 Å². The highest BCUT2D eigenvalue weighted by molar-refractivity contribution is 7.16. The van der Waals surface area contributed by atoms with Gasteiger partial charge in [-0.3, -0.25) is 4.79 Å². The van der Waals surface area contributed by atoms with E-state index in [1.807, 2.05) is 11.5 Å². The lowest BCUT2D eigenvalue weighted by atomic mass is 10.2. The lowest BCUT2D eigenvalue weighted by Gasteiger charge is -2.06. The van der Waals surface area contributed by atoms with Gasteiger partial charge in [0.1, 0.15) is 0 Å². The first-order valence-electron chi connectivity index (χ1n) is 9.27. The van der Waals surface area contributed by atoms with Crippen molar-refractivity contribution in [1.29, 1.82) is 0 Å². The molecule has 7 nitrogen and oxygen atoms in total. The van der Waals surface area contributed by atoms with E-state index in [0.717, 1.165) is 10.2 Å². The SMILES string of the molecule is CCOCCn1c(=NC(=O)COc2ccccc2F)sc2cc(C(=O)OC)ccc21. The van der Waals surface area contributed by atoms with E-state index in [4.69, 9.17) is 14.2 Å². The average Bonchev–Trinajstić information content (AvgIpc) is 3.09. The number of hydrogen-bond acceptors (Lipinski definition) is 6. The molecule has 0 aliphatic rings. The number of carbonyl (C=O) groups excluding carboxylic acids is 2. The Morgan fingerprint density at radius 2 is 2.00 bits per heavy atom. The van der Waals surface area contributed by atoms with Crippen LogP contribution in [0.1, 0.15) is 17.3 Å². The van der Waals surface area contributed by atoms with Crippen LogP contribution in [-0.2, 0) is 20.8 Å². The normalized spacial score (nSPS) is 11.6. The van der Waals surface area contributed by atoms with E-state index < -0.39 is 24.3 Å². The molecule has 0 fully saturated rings. The van der Waals surface area contributed by atoms with Crippen LogP contribution in [0.3, 0.4) is 0 Å². The molecule has 158 valence electrons. The second-order valence-corrected chi connectivity index (χ2v) is 7.14. The summed E-state index contributed by atoms with van der Waals surface area (Å²) in [6, 6.07) is 11.0. The zero-order chi connectivity index (χ0) is 21.5. The topological polar surface area (TPSA) is 79.1 Å². The first kappa shape index (κ1) is 21.7. The summed E-state index contributed by atoms with van der Waals surface area (Å²) in [4.78, 5) is 28.7. The third kappa shape index (κ3) is 5.11. The van der Waals surface area contributed by atoms with Gasteiger partial charge < -0.3 is 18.8 Å². The fraction of sp³-hybridized carbons (Fsp3) is 0.286. The predicted octanol–water partition coefficient (Wildman–Crippen LogP) is 3.17. The molecule has 0 N–H and O–H groups in total. The van der Waals surface area contributed by atoms with Crippen LogP contribution in [0.2, 0.25) is 0 Å². The Bertz CT molecular complexity index is 1120. The summed E-state index contributed by atoms with van der Waals surface area (Å²) >= 11 is 1.26. The number of halogens is 1. The summed E-state index contributed by atoms with van der Waals surface area (Å²) < 4.78 is 31.7. The summed E-state index contributed by atoms with van der Waals surface area (Å²) in [5.41, 5.74) is 1.22. The Morgan fingerprint density at radius 3 is 2.73 bits per heavy atom. The first-order valence-corrected chi connectivity index (χ1v) is 10.1. The molecule has 0 bridgehead atoms. The summed E-state index contributed by atoms with van der Waals surface area (Å²) in [5, 5.41) is 0. The average molecular weight is 432 g/mol. The highest BCUT2D eigenvalue weighted by Gasteiger charge is 2.13. The Balaban J connectivity index is 1.91. The number of benzene rings is 2. The largest absolute Gasteiger partial charge is 0.481 e. The molecule has 0 saturated carbocycles. The lowest BCUT2D eigenvalue weighted by Crippen LogP contribution is -2.21. The molecule has 0 unspecified atom stereocenters. The quantitative estimate of drug-likeness (QED) is 0.404. The van der Waals surface area contributed by atoms with E-state index in [2.05, 4.69) is 4.99 Å². The number of nitrogens with zero attached hydrogens (tertiary/aromatic N) is 2. The predicted molar refractivity (Wildman–Crippen MR) is 110 cm³/mol. The van der Waals surface area contributed by atoms with Gasteiger partial charge in [-0.15, -0.1) is 0 Å². The molecule has 2 aromatic carbocycles. The lowest BCUT2D eigenvalue weighted by molar-refractivity contribution is -0.120. The van der Waals surface area contributed by atoms with Crippen LogP contribution in [0.5, 0.6) is 5.75 Å². The van der Waals surface area contributed by atoms with Crippen LogP contribution in [0.25, 0.3) is 10.2 Å². The number of amides is 1. The van der Waals surface area contributed by atoms with Crippen LogP contribution in [-0.4, -0.2) is 43.4 Å². The Hall–Kier alpha value is -3.04. The van der Waals surface area contributed by atoms with Crippen molar-refractivity contribution in [3.63, 3.8) is 0 Å². The molecule has 0 atom stereocenters. The van der Waals surface area contributed by atoms with E-state index in [1.165, 1.54) is 36.6 Å². The van der Waals surface area contributed by atoms with E-state index >= 15 is 0 Å². The standard InChI is InChI=1S/C21H21FN2O5S/c1-3-28-11-10-24-16-9-8-14(20(26)27-2)12-18(16)30-21(24)23-19(25)13-29-17-7-5-4-6-15(17)22/h4-9,12H,3,10-11,13H2,1-2H3. The summed E-state index contributed by atoms with van der Waals surface area (Å²) in [7, 11) is 1.32. The fourth-order valence-electron chi connectivity index (χ4n) is 2.76. The minimum absolute atomic E-state index is 0.00988. The van der Waals surface area contributed by atoms with Gasteiger partial charge in [0, 0.05) is 13.2 Å². The fourth-order valence-corrected chi connectivity index (χ4v) is 3.87.